The van der Waals surface area contributed by atoms with Crippen molar-refractivity contribution in [1.82, 2.24) is 5.01 Å². The van der Waals surface area contributed by atoms with Gasteiger partial charge in [0, 0.05) is 17.5 Å². The lowest BCUT2D eigenvalue weighted by atomic mass is 9.96. The highest BCUT2D eigenvalue weighted by atomic mass is 79.9. The average Bonchev–Trinajstić information content (AvgIpc) is 3.25. The second kappa shape index (κ2) is 8.27. The fraction of sp³-hybridized carbons (Fsp3) is 0.240. The molecule has 2 heterocycles. The van der Waals surface area contributed by atoms with Crippen molar-refractivity contribution in [3.05, 3.63) is 87.9 Å². The van der Waals surface area contributed by atoms with Crippen LogP contribution in [-0.4, -0.2) is 24.4 Å². The highest BCUT2D eigenvalue weighted by Gasteiger charge is 2.41. The molecule has 0 unspecified atom stereocenters. The third-order valence-electron chi connectivity index (χ3n) is 5.66. The van der Waals surface area contributed by atoms with E-state index in [1.165, 1.54) is 0 Å². The lowest BCUT2D eigenvalue weighted by Gasteiger charge is -2.38. The lowest BCUT2D eigenvalue weighted by Crippen LogP contribution is -2.33. The van der Waals surface area contributed by atoms with Gasteiger partial charge in [0.25, 0.3) is 0 Å². The molecule has 0 fully saturated rings. The van der Waals surface area contributed by atoms with E-state index in [4.69, 9.17) is 19.3 Å². The Morgan fingerprint density at radius 3 is 2.65 bits per heavy atom. The number of ether oxygens (including phenoxy) is 3. The number of para-hydroxylation sites is 1. The molecule has 2 aliphatic heterocycles. The van der Waals surface area contributed by atoms with Gasteiger partial charge in [0.05, 0.1) is 29.9 Å². The van der Waals surface area contributed by atoms with Crippen molar-refractivity contribution in [3.63, 3.8) is 0 Å². The number of rotatable bonds is 5. The van der Waals surface area contributed by atoms with Crippen molar-refractivity contribution in [2.45, 2.75) is 25.6 Å². The molecule has 158 valence electrons. The molecule has 0 aliphatic carbocycles. The zero-order valence-electron chi connectivity index (χ0n) is 17.4. The molecule has 0 spiro atoms. The van der Waals surface area contributed by atoms with E-state index in [1.54, 1.807) is 7.11 Å². The smallest absolute Gasteiger partial charge is 0.213 e. The number of hydrazone groups is 1. The van der Waals surface area contributed by atoms with Gasteiger partial charge in [0.1, 0.15) is 17.2 Å². The third kappa shape index (κ3) is 3.65. The lowest BCUT2D eigenvalue weighted by molar-refractivity contribution is -0.0190. The maximum absolute atomic E-state index is 6.43. The van der Waals surface area contributed by atoms with E-state index in [0.717, 1.165) is 50.5 Å². The number of benzene rings is 3. The largest absolute Gasteiger partial charge is 0.496 e. The first-order valence-corrected chi connectivity index (χ1v) is 11.1. The molecule has 0 amide bonds. The van der Waals surface area contributed by atoms with Gasteiger partial charge in [-0.1, -0.05) is 18.2 Å². The van der Waals surface area contributed by atoms with Crippen LogP contribution in [0, 0.1) is 0 Å². The molecule has 5 rings (SSSR count). The first kappa shape index (κ1) is 19.9. The maximum atomic E-state index is 6.43. The Labute approximate surface area is 190 Å². The van der Waals surface area contributed by atoms with Gasteiger partial charge in [0.2, 0.25) is 6.23 Å². The van der Waals surface area contributed by atoms with Crippen LogP contribution in [0.2, 0.25) is 0 Å². The van der Waals surface area contributed by atoms with E-state index < -0.39 is 0 Å². The number of nitrogens with zero attached hydrogens (tertiary/aromatic N) is 2. The Morgan fingerprint density at radius 1 is 1.10 bits per heavy atom. The third-order valence-corrected chi connectivity index (χ3v) is 6.28. The van der Waals surface area contributed by atoms with Gasteiger partial charge in [0.15, 0.2) is 0 Å². The second-order valence-corrected chi connectivity index (χ2v) is 8.36. The molecule has 0 aromatic heterocycles. The molecule has 0 saturated carbocycles. The number of hydrogen-bond acceptors (Lipinski definition) is 5. The minimum Gasteiger partial charge on any atom is -0.496 e. The molecule has 0 radical (unpaired) electrons. The minimum absolute atomic E-state index is 0.123. The highest BCUT2D eigenvalue weighted by molar-refractivity contribution is 9.10. The number of hydrogen-bond donors (Lipinski definition) is 0. The van der Waals surface area contributed by atoms with Gasteiger partial charge in [-0.3, -0.25) is 0 Å². The van der Waals surface area contributed by atoms with Crippen LogP contribution in [0.25, 0.3) is 0 Å². The van der Waals surface area contributed by atoms with Gasteiger partial charge >= 0.3 is 0 Å². The molecule has 5 nitrogen and oxygen atoms in total. The summed E-state index contributed by atoms with van der Waals surface area (Å²) in [6, 6.07) is 22.5. The van der Waals surface area contributed by atoms with Crippen molar-refractivity contribution in [3.8, 4) is 17.2 Å². The Bertz CT molecular complexity index is 1130. The van der Waals surface area contributed by atoms with Crippen molar-refractivity contribution in [2.24, 2.45) is 5.10 Å². The Hall–Kier alpha value is -2.99. The number of methoxy groups -OCH3 is 1. The van der Waals surface area contributed by atoms with E-state index in [0.29, 0.717) is 6.61 Å². The normalized spacial score (nSPS) is 19.2. The summed E-state index contributed by atoms with van der Waals surface area (Å²) in [6.07, 6.45) is 0.504. The fourth-order valence-corrected chi connectivity index (χ4v) is 4.73. The molecular weight excluding hydrogens is 456 g/mol. The van der Waals surface area contributed by atoms with E-state index in [9.17, 15) is 0 Å². The van der Waals surface area contributed by atoms with Crippen LogP contribution in [0.5, 0.6) is 17.2 Å². The van der Waals surface area contributed by atoms with Crippen LogP contribution in [0.3, 0.4) is 0 Å². The van der Waals surface area contributed by atoms with Gasteiger partial charge in [-0.05, 0) is 76.9 Å². The molecule has 2 atom stereocenters. The van der Waals surface area contributed by atoms with E-state index in [-0.39, 0.29) is 12.3 Å². The Morgan fingerprint density at radius 2 is 1.90 bits per heavy atom. The average molecular weight is 479 g/mol. The van der Waals surface area contributed by atoms with Gasteiger partial charge < -0.3 is 14.2 Å². The highest BCUT2D eigenvalue weighted by Crippen LogP contribution is 2.48. The van der Waals surface area contributed by atoms with Crippen LogP contribution < -0.4 is 14.2 Å². The van der Waals surface area contributed by atoms with Crippen LogP contribution in [0.1, 0.15) is 42.3 Å². The number of fused-ring (bicyclic) bond motifs is 3. The summed E-state index contributed by atoms with van der Waals surface area (Å²) in [4.78, 5) is 0. The van der Waals surface area contributed by atoms with Crippen LogP contribution in [0.4, 0.5) is 0 Å². The van der Waals surface area contributed by atoms with Gasteiger partial charge in [-0.25, -0.2) is 5.01 Å². The minimum atomic E-state index is -0.317. The number of halogens is 1. The first-order chi connectivity index (χ1) is 15.2. The van der Waals surface area contributed by atoms with Gasteiger partial charge in [-0.15, -0.1) is 0 Å². The van der Waals surface area contributed by atoms with E-state index >= 15 is 0 Å². The second-order valence-electron chi connectivity index (χ2n) is 7.51. The molecule has 0 bridgehead atoms. The maximum Gasteiger partial charge on any atom is 0.213 e. The fourth-order valence-electron chi connectivity index (χ4n) is 4.18. The summed E-state index contributed by atoms with van der Waals surface area (Å²) in [7, 11) is 1.66. The molecule has 3 aromatic carbocycles. The topological polar surface area (TPSA) is 43.3 Å². The van der Waals surface area contributed by atoms with Gasteiger partial charge in [-0.2, -0.15) is 5.10 Å². The first-order valence-electron chi connectivity index (χ1n) is 10.4. The van der Waals surface area contributed by atoms with Crippen LogP contribution >= 0.6 is 15.9 Å². The summed E-state index contributed by atoms with van der Waals surface area (Å²) in [5.74, 6) is 2.57. The molecule has 31 heavy (non-hydrogen) atoms. The zero-order chi connectivity index (χ0) is 21.4. The van der Waals surface area contributed by atoms with E-state index in [1.807, 2.05) is 49.4 Å². The summed E-state index contributed by atoms with van der Waals surface area (Å²) in [6.45, 7) is 2.64. The van der Waals surface area contributed by atoms with Crippen LogP contribution in [0.15, 0.2) is 76.3 Å². The quantitative estimate of drug-likeness (QED) is 0.444. The Kier molecular flexibility index (Phi) is 5.32. The predicted octanol–water partition coefficient (Wildman–Crippen LogP) is 6.10. The molecule has 6 heteroatoms. The van der Waals surface area contributed by atoms with Crippen LogP contribution in [-0.2, 0) is 0 Å². The predicted molar refractivity (Wildman–Crippen MR) is 124 cm³/mol. The van der Waals surface area contributed by atoms with Crippen molar-refractivity contribution >= 4 is 21.6 Å². The van der Waals surface area contributed by atoms with Crippen molar-refractivity contribution < 1.29 is 14.2 Å². The molecule has 3 aromatic rings. The molecule has 2 aliphatic rings. The Balaban J connectivity index is 1.53. The summed E-state index contributed by atoms with van der Waals surface area (Å²) in [5, 5.41) is 7.11. The monoisotopic (exact) mass is 478 g/mol. The molecular formula is C25H23BrN2O3. The summed E-state index contributed by atoms with van der Waals surface area (Å²) in [5.41, 5.74) is 4.33. The van der Waals surface area contributed by atoms with Crippen molar-refractivity contribution in [1.29, 1.82) is 0 Å². The summed E-state index contributed by atoms with van der Waals surface area (Å²) < 4.78 is 18.3. The zero-order valence-corrected chi connectivity index (χ0v) is 19.0. The standard InChI is InChI=1S/C25H23BrN2O3/c1-3-30-18-11-8-16(9-12-18)21-15-22-19-6-4-5-7-23(19)31-25(28(22)27-21)17-10-13-24(29-2)20(26)14-17/h4-14,22,25H,3,15H2,1-2H3/t22-,25-/m0/s1. The summed E-state index contributed by atoms with van der Waals surface area (Å²) >= 11 is 3.60. The van der Waals surface area contributed by atoms with E-state index in [2.05, 4.69) is 45.2 Å². The van der Waals surface area contributed by atoms with Crippen molar-refractivity contribution in [2.75, 3.05) is 13.7 Å². The molecule has 0 saturated heterocycles. The molecule has 0 N–H and O–H groups in total. The SMILES string of the molecule is CCOc1ccc(C2=NN3[C@@H](C2)c2ccccc2O[C@H]3c2ccc(OC)c(Br)c2)cc1.